The SMILES string of the molecule is CN=C(NCCc1ccc(OCC(N)=O)cc1)NCC1(Sc2ccccc2)CC1. The molecular weight excluding hydrogens is 384 g/mol. The Morgan fingerprint density at radius 3 is 2.48 bits per heavy atom. The van der Waals surface area contributed by atoms with Gasteiger partial charge in [-0.25, -0.2) is 0 Å². The van der Waals surface area contributed by atoms with Crippen LogP contribution in [0.3, 0.4) is 0 Å². The number of ether oxygens (including phenoxy) is 1. The molecule has 154 valence electrons. The zero-order chi connectivity index (χ0) is 20.5. The van der Waals surface area contributed by atoms with E-state index in [1.54, 1.807) is 7.05 Å². The number of nitrogens with two attached hydrogens (primary N) is 1. The maximum Gasteiger partial charge on any atom is 0.255 e. The molecule has 0 spiro atoms. The van der Waals surface area contributed by atoms with E-state index in [0.29, 0.717) is 5.75 Å². The van der Waals surface area contributed by atoms with Crippen molar-refractivity contribution < 1.29 is 9.53 Å². The number of nitrogens with one attached hydrogen (secondary N) is 2. The maximum absolute atomic E-state index is 10.8. The highest BCUT2D eigenvalue weighted by Crippen LogP contribution is 2.51. The van der Waals surface area contributed by atoms with Crippen molar-refractivity contribution in [3.05, 3.63) is 60.2 Å². The Labute approximate surface area is 176 Å². The molecule has 0 radical (unpaired) electrons. The van der Waals surface area contributed by atoms with Crippen LogP contribution in [0.15, 0.2) is 64.5 Å². The number of nitrogens with zero attached hydrogens (tertiary/aromatic N) is 1. The van der Waals surface area contributed by atoms with Crippen LogP contribution in [0.1, 0.15) is 18.4 Å². The van der Waals surface area contributed by atoms with E-state index in [9.17, 15) is 4.79 Å². The molecule has 29 heavy (non-hydrogen) atoms. The summed E-state index contributed by atoms with van der Waals surface area (Å²) in [5, 5.41) is 6.84. The number of guanidine groups is 1. The minimum Gasteiger partial charge on any atom is -0.484 e. The Morgan fingerprint density at radius 2 is 1.86 bits per heavy atom. The van der Waals surface area contributed by atoms with Gasteiger partial charge >= 0.3 is 0 Å². The zero-order valence-electron chi connectivity index (χ0n) is 16.7. The molecule has 0 atom stereocenters. The van der Waals surface area contributed by atoms with E-state index in [1.807, 2.05) is 36.0 Å². The smallest absolute Gasteiger partial charge is 0.255 e. The Kier molecular flexibility index (Phi) is 7.41. The number of rotatable bonds is 10. The van der Waals surface area contributed by atoms with E-state index < -0.39 is 5.91 Å². The quantitative estimate of drug-likeness (QED) is 0.412. The van der Waals surface area contributed by atoms with Gasteiger partial charge in [0.15, 0.2) is 12.6 Å². The maximum atomic E-state index is 10.8. The summed E-state index contributed by atoms with van der Waals surface area (Å²) >= 11 is 1.95. The Bertz CT molecular complexity index is 820. The van der Waals surface area contributed by atoms with E-state index in [1.165, 1.54) is 23.3 Å². The summed E-state index contributed by atoms with van der Waals surface area (Å²) in [4.78, 5) is 16.4. The molecule has 7 heteroatoms. The molecule has 3 rings (SSSR count). The Morgan fingerprint density at radius 1 is 1.14 bits per heavy atom. The Balaban J connectivity index is 1.39. The van der Waals surface area contributed by atoms with E-state index in [0.717, 1.165) is 25.5 Å². The molecule has 0 aliphatic heterocycles. The number of hydrogen-bond donors (Lipinski definition) is 3. The normalized spacial score (nSPS) is 14.9. The second-order valence-electron chi connectivity index (χ2n) is 7.10. The number of thioether (sulfide) groups is 1. The number of hydrogen-bond acceptors (Lipinski definition) is 4. The lowest BCUT2D eigenvalue weighted by Crippen LogP contribution is -2.41. The highest BCUT2D eigenvalue weighted by atomic mass is 32.2. The highest BCUT2D eigenvalue weighted by Gasteiger charge is 2.43. The number of aliphatic imine (C=N–C) groups is 1. The number of amides is 1. The monoisotopic (exact) mass is 412 g/mol. The number of carbonyl (C=O) groups excluding carboxylic acids is 1. The molecule has 0 bridgehead atoms. The van der Waals surface area contributed by atoms with Crippen molar-refractivity contribution in [3.8, 4) is 5.75 Å². The largest absolute Gasteiger partial charge is 0.484 e. The van der Waals surface area contributed by atoms with E-state index in [4.69, 9.17) is 10.5 Å². The number of primary amides is 1. The molecule has 2 aromatic rings. The molecule has 0 unspecified atom stereocenters. The van der Waals surface area contributed by atoms with Gasteiger partial charge in [0.2, 0.25) is 0 Å². The minimum atomic E-state index is -0.479. The molecule has 0 heterocycles. The average Bonchev–Trinajstić information content (AvgIpc) is 3.50. The van der Waals surface area contributed by atoms with Crippen molar-refractivity contribution in [1.29, 1.82) is 0 Å². The van der Waals surface area contributed by atoms with Crippen molar-refractivity contribution >= 4 is 23.6 Å². The summed E-state index contributed by atoms with van der Waals surface area (Å²) < 4.78 is 5.55. The molecule has 1 aliphatic carbocycles. The summed E-state index contributed by atoms with van der Waals surface area (Å²) in [7, 11) is 1.80. The topological polar surface area (TPSA) is 88.7 Å². The second kappa shape index (κ2) is 10.2. The molecule has 1 aliphatic rings. The van der Waals surface area contributed by atoms with Gasteiger partial charge in [-0.3, -0.25) is 9.79 Å². The summed E-state index contributed by atoms with van der Waals surface area (Å²) in [5.74, 6) is 0.988. The van der Waals surface area contributed by atoms with Gasteiger partial charge < -0.3 is 21.1 Å². The van der Waals surface area contributed by atoms with Crippen LogP contribution in [-0.2, 0) is 11.2 Å². The first kappa shape index (κ1) is 21.0. The van der Waals surface area contributed by atoms with Gasteiger partial charge in [-0.1, -0.05) is 30.3 Å². The van der Waals surface area contributed by atoms with Crippen molar-refractivity contribution in [1.82, 2.24) is 10.6 Å². The van der Waals surface area contributed by atoms with Crippen molar-refractivity contribution in [2.45, 2.75) is 28.9 Å². The van der Waals surface area contributed by atoms with Crippen molar-refractivity contribution in [2.75, 3.05) is 26.7 Å². The van der Waals surface area contributed by atoms with Gasteiger partial charge in [0, 0.05) is 29.8 Å². The van der Waals surface area contributed by atoms with Crippen LogP contribution in [0.25, 0.3) is 0 Å². The van der Waals surface area contributed by atoms with E-state index in [2.05, 4.69) is 46.0 Å². The lowest BCUT2D eigenvalue weighted by Gasteiger charge is -2.18. The summed E-state index contributed by atoms with van der Waals surface area (Å²) in [6.45, 7) is 1.57. The predicted octanol–water partition coefficient (Wildman–Crippen LogP) is 2.58. The fraction of sp³-hybridized carbons (Fsp3) is 0.364. The highest BCUT2D eigenvalue weighted by molar-refractivity contribution is 8.01. The molecule has 2 aromatic carbocycles. The van der Waals surface area contributed by atoms with E-state index in [-0.39, 0.29) is 11.4 Å². The number of carbonyl (C=O) groups is 1. The lowest BCUT2D eigenvalue weighted by molar-refractivity contribution is -0.119. The fourth-order valence-corrected chi connectivity index (χ4v) is 4.13. The lowest BCUT2D eigenvalue weighted by atomic mass is 10.1. The van der Waals surface area contributed by atoms with Crippen LogP contribution in [0.2, 0.25) is 0 Å². The van der Waals surface area contributed by atoms with Crippen molar-refractivity contribution in [3.63, 3.8) is 0 Å². The van der Waals surface area contributed by atoms with Gasteiger partial charge in [0.25, 0.3) is 5.91 Å². The molecule has 6 nitrogen and oxygen atoms in total. The average molecular weight is 413 g/mol. The third-order valence-electron chi connectivity index (χ3n) is 4.70. The summed E-state index contributed by atoms with van der Waals surface area (Å²) in [6.07, 6.45) is 3.31. The van der Waals surface area contributed by atoms with Crippen LogP contribution in [-0.4, -0.2) is 43.4 Å². The minimum absolute atomic E-state index is 0.104. The molecule has 1 fully saturated rings. The molecule has 0 aromatic heterocycles. The van der Waals surface area contributed by atoms with Gasteiger partial charge in [0.1, 0.15) is 5.75 Å². The second-order valence-corrected chi connectivity index (χ2v) is 8.64. The van der Waals surface area contributed by atoms with Crippen molar-refractivity contribution in [2.24, 2.45) is 10.7 Å². The standard InChI is InChI=1S/C22H28N4O2S/c1-24-21(26-16-22(12-13-22)29-19-5-3-2-4-6-19)25-14-11-17-7-9-18(10-8-17)28-15-20(23)27/h2-10H,11-16H2,1H3,(H2,23,27)(H2,24,25,26). The molecule has 1 amide bonds. The third kappa shape index (κ3) is 7.02. The van der Waals surface area contributed by atoms with Crippen LogP contribution in [0.5, 0.6) is 5.75 Å². The third-order valence-corrected chi connectivity index (χ3v) is 6.19. The van der Waals surface area contributed by atoms with Crippen LogP contribution >= 0.6 is 11.8 Å². The zero-order valence-corrected chi connectivity index (χ0v) is 17.5. The molecule has 0 saturated heterocycles. The van der Waals surface area contributed by atoms with Gasteiger partial charge in [-0.05, 0) is 49.1 Å². The first-order valence-electron chi connectivity index (χ1n) is 9.77. The first-order valence-corrected chi connectivity index (χ1v) is 10.6. The molecular formula is C22H28N4O2S. The van der Waals surface area contributed by atoms with Crippen LogP contribution in [0, 0.1) is 0 Å². The van der Waals surface area contributed by atoms with Gasteiger partial charge in [-0.15, -0.1) is 11.8 Å². The van der Waals surface area contributed by atoms with E-state index >= 15 is 0 Å². The molecule has 1 saturated carbocycles. The van der Waals surface area contributed by atoms with Crippen LogP contribution < -0.4 is 21.1 Å². The summed E-state index contributed by atoms with van der Waals surface area (Å²) in [5.41, 5.74) is 6.26. The number of benzene rings is 2. The molecule has 4 N–H and O–H groups in total. The Hall–Kier alpha value is -2.67. The van der Waals surface area contributed by atoms with Gasteiger partial charge in [0.05, 0.1) is 0 Å². The first-order chi connectivity index (χ1) is 14.1. The predicted molar refractivity (Wildman–Crippen MR) is 118 cm³/mol. The fourth-order valence-electron chi connectivity index (χ4n) is 2.89. The summed E-state index contributed by atoms with van der Waals surface area (Å²) in [6, 6.07) is 18.2. The van der Waals surface area contributed by atoms with Crippen LogP contribution in [0.4, 0.5) is 0 Å². The van der Waals surface area contributed by atoms with Gasteiger partial charge in [-0.2, -0.15) is 0 Å².